The molecule has 116 valence electrons. The predicted molar refractivity (Wildman–Crippen MR) is 73.8 cm³/mol. The smallest absolute Gasteiger partial charge is 0.326 e. The monoisotopic (exact) mass is 296 g/mol. The van der Waals surface area contributed by atoms with Crippen LogP contribution in [0, 0.1) is 0 Å². The summed E-state index contributed by atoms with van der Waals surface area (Å²) in [6.07, 6.45) is 4.58. The van der Waals surface area contributed by atoms with Crippen LogP contribution in [0.25, 0.3) is 0 Å². The molecule has 8 nitrogen and oxygen atoms in total. The number of carboxylic acids is 1. The molecule has 1 aliphatic heterocycles. The van der Waals surface area contributed by atoms with Gasteiger partial charge < -0.3 is 25.5 Å². The number of aromatic nitrogens is 2. The van der Waals surface area contributed by atoms with E-state index in [1.165, 1.54) is 12.5 Å². The van der Waals surface area contributed by atoms with E-state index < -0.39 is 18.0 Å². The SMILES string of the molecule is CC1(NC(=O)N[C@@H](Cc2cnc[nH]2)C(=O)O)CCOCC1. The first kappa shape index (κ1) is 15.3. The summed E-state index contributed by atoms with van der Waals surface area (Å²) in [5.74, 6) is -1.09. The number of hydrogen-bond acceptors (Lipinski definition) is 4. The van der Waals surface area contributed by atoms with Gasteiger partial charge in [0, 0.05) is 37.1 Å². The van der Waals surface area contributed by atoms with Gasteiger partial charge in [-0.1, -0.05) is 0 Å². The third kappa shape index (κ3) is 4.45. The van der Waals surface area contributed by atoms with Crippen LogP contribution >= 0.6 is 0 Å². The van der Waals surface area contributed by atoms with Gasteiger partial charge in [0.2, 0.25) is 0 Å². The summed E-state index contributed by atoms with van der Waals surface area (Å²) in [5, 5.41) is 14.5. The third-order valence-electron chi connectivity index (χ3n) is 3.59. The number of aliphatic carboxylic acids is 1. The second-order valence-corrected chi connectivity index (χ2v) is 5.44. The molecular weight excluding hydrogens is 276 g/mol. The summed E-state index contributed by atoms with van der Waals surface area (Å²) in [7, 11) is 0. The highest BCUT2D eigenvalue weighted by Crippen LogP contribution is 2.19. The fraction of sp³-hybridized carbons (Fsp3) is 0.615. The second kappa shape index (κ2) is 6.57. The van der Waals surface area contributed by atoms with Gasteiger partial charge in [-0.2, -0.15) is 0 Å². The first-order chi connectivity index (χ1) is 9.98. The Morgan fingerprint density at radius 1 is 1.52 bits per heavy atom. The van der Waals surface area contributed by atoms with Gasteiger partial charge in [-0.05, 0) is 19.8 Å². The van der Waals surface area contributed by atoms with Crippen LogP contribution in [-0.4, -0.2) is 51.9 Å². The summed E-state index contributed by atoms with van der Waals surface area (Å²) < 4.78 is 5.26. The lowest BCUT2D eigenvalue weighted by atomic mass is 9.93. The Labute approximate surface area is 122 Å². The molecule has 0 saturated carbocycles. The number of amides is 2. The van der Waals surface area contributed by atoms with Crippen molar-refractivity contribution in [3.05, 3.63) is 18.2 Å². The van der Waals surface area contributed by atoms with Crippen molar-refractivity contribution in [2.45, 2.75) is 37.8 Å². The van der Waals surface area contributed by atoms with E-state index in [1.807, 2.05) is 6.92 Å². The molecule has 0 radical (unpaired) electrons. The van der Waals surface area contributed by atoms with Crippen LogP contribution in [0.4, 0.5) is 4.79 Å². The van der Waals surface area contributed by atoms with Crippen molar-refractivity contribution in [1.82, 2.24) is 20.6 Å². The first-order valence-electron chi connectivity index (χ1n) is 6.85. The lowest BCUT2D eigenvalue weighted by molar-refractivity contribution is -0.139. The molecule has 0 spiro atoms. The molecule has 1 atom stereocenters. The lowest BCUT2D eigenvalue weighted by Crippen LogP contribution is -2.56. The highest BCUT2D eigenvalue weighted by Gasteiger charge is 2.30. The normalized spacial score (nSPS) is 18.7. The minimum atomic E-state index is -1.09. The molecule has 0 aromatic carbocycles. The van der Waals surface area contributed by atoms with Gasteiger partial charge in [-0.25, -0.2) is 14.6 Å². The van der Waals surface area contributed by atoms with Crippen molar-refractivity contribution in [2.75, 3.05) is 13.2 Å². The number of rotatable bonds is 5. The average Bonchev–Trinajstić information content (AvgIpc) is 2.91. The number of nitrogens with one attached hydrogen (secondary N) is 3. The lowest BCUT2D eigenvalue weighted by Gasteiger charge is -2.34. The highest BCUT2D eigenvalue weighted by molar-refractivity contribution is 5.83. The van der Waals surface area contributed by atoms with Crippen LogP contribution in [0.15, 0.2) is 12.5 Å². The second-order valence-electron chi connectivity index (χ2n) is 5.44. The predicted octanol–water partition coefficient (Wildman–Crippen LogP) is 0.274. The third-order valence-corrected chi connectivity index (χ3v) is 3.59. The van der Waals surface area contributed by atoms with E-state index in [0.29, 0.717) is 31.7 Å². The van der Waals surface area contributed by atoms with Crippen LogP contribution in [0.5, 0.6) is 0 Å². The molecule has 0 unspecified atom stereocenters. The van der Waals surface area contributed by atoms with E-state index in [-0.39, 0.29) is 12.0 Å². The minimum Gasteiger partial charge on any atom is -0.480 e. The number of ether oxygens (including phenoxy) is 1. The van der Waals surface area contributed by atoms with Gasteiger partial charge in [-0.3, -0.25) is 0 Å². The number of hydrogen-bond donors (Lipinski definition) is 4. The van der Waals surface area contributed by atoms with Crippen LogP contribution in [0.3, 0.4) is 0 Å². The summed E-state index contributed by atoms with van der Waals surface area (Å²) in [6, 6.07) is -1.49. The molecule has 1 aliphatic rings. The molecule has 2 rings (SSSR count). The zero-order valence-corrected chi connectivity index (χ0v) is 11.9. The number of aromatic amines is 1. The molecule has 8 heteroatoms. The molecule has 2 heterocycles. The van der Waals surface area contributed by atoms with Crippen molar-refractivity contribution in [3.8, 4) is 0 Å². The number of nitrogens with zero attached hydrogens (tertiary/aromatic N) is 1. The van der Waals surface area contributed by atoms with Gasteiger partial charge in [0.1, 0.15) is 6.04 Å². The number of H-pyrrole nitrogens is 1. The Bertz CT molecular complexity index is 482. The van der Waals surface area contributed by atoms with Gasteiger partial charge in [0.25, 0.3) is 0 Å². The fourth-order valence-corrected chi connectivity index (χ4v) is 2.23. The number of imidazole rings is 1. The summed E-state index contributed by atoms with van der Waals surface area (Å²) in [4.78, 5) is 29.9. The molecule has 2 amide bonds. The molecule has 1 aromatic heterocycles. The van der Waals surface area contributed by atoms with E-state index in [4.69, 9.17) is 4.74 Å². The van der Waals surface area contributed by atoms with Gasteiger partial charge in [-0.15, -0.1) is 0 Å². The molecule has 1 saturated heterocycles. The first-order valence-corrected chi connectivity index (χ1v) is 6.85. The van der Waals surface area contributed by atoms with Gasteiger partial charge in [0.05, 0.1) is 6.33 Å². The quantitative estimate of drug-likeness (QED) is 0.622. The Kier molecular flexibility index (Phi) is 4.79. The van der Waals surface area contributed by atoms with E-state index in [9.17, 15) is 14.7 Å². The topological polar surface area (TPSA) is 116 Å². The standard InChI is InChI=1S/C13H20N4O4/c1-13(2-4-21-5-3-13)17-12(20)16-10(11(18)19)6-9-7-14-8-15-9/h7-8,10H,2-6H2,1H3,(H,14,15)(H,18,19)(H2,16,17,20)/t10-/m0/s1. The largest absolute Gasteiger partial charge is 0.480 e. The Balaban J connectivity index is 1.90. The summed E-state index contributed by atoms with van der Waals surface area (Å²) in [5.41, 5.74) is 0.291. The highest BCUT2D eigenvalue weighted by atomic mass is 16.5. The maximum absolute atomic E-state index is 12.0. The van der Waals surface area contributed by atoms with Crippen molar-refractivity contribution < 1.29 is 19.4 Å². The Morgan fingerprint density at radius 3 is 2.81 bits per heavy atom. The number of urea groups is 1. The van der Waals surface area contributed by atoms with Crippen molar-refractivity contribution in [1.29, 1.82) is 0 Å². The molecule has 0 bridgehead atoms. The van der Waals surface area contributed by atoms with Crippen LogP contribution < -0.4 is 10.6 Å². The average molecular weight is 296 g/mol. The number of carboxylic acid groups (broad SMARTS) is 1. The summed E-state index contributed by atoms with van der Waals surface area (Å²) in [6.45, 7) is 3.11. The molecule has 1 fully saturated rings. The van der Waals surface area contributed by atoms with Crippen LogP contribution in [0.2, 0.25) is 0 Å². The molecule has 4 N–H and O–H groups in total. The molecule has 1 aromatic rings. The molecular formula is C13H20N4O4. The number of carbonyl (C=O) groups excluding carboxylic acids is 1. The van der Waals surface area contributed by atoms with E-state index in [0.717, 1.165) is 0 Å². The zero-order valence-electron chi connectivity index (χ0n) is 11.9. The fourth-order valence-electron chi connectivity index (χ4n) is 2.23. The summed E-state index contributed by atoms with van der Waals surface area (Å²) >= 11 is 0. The van der Waals surface area contributed by atoms with Gasteiger partial charge in [0.15, 0.2) is 0 Å². The maximum atomic E-state index is 12.0. The maximum Gasteiger partial charge on any atom is 0.326 e. The molecule has 0 aliphatic carbocycles. The van der Waals surface area contributed by atoms with Crippen molar-refractivity contribution in [2.24, 2.45) is 0 Å². The molecule has 21 heavy (non-hydrogen) atoms. The van der Waals surface area contributed by atoms with Crippen molar-refractivity contribution in [3.63, 3.8) is 0 Å². The van der Waals surface area contributed by atoms with Crippen LogP contribution in [-0.2, 0) is 16.0 Å². The van der Waals surface area contributed by atoms with E-state index in [2.05, 4.69) is 20.6 Å². The Hall–Kier alpha value is -2.09. The van der Waals surface area contributed by atoms with Crippen molar-refractivity contribution >= 4 is 12.0 Å². The zero-order chi connectivity index (χ0) is 15.3. The Morgan fingerprint density at radius 2 is 2.24 bits per heavy atom. The van der Waals surface area contributed by atoms with Gasteiger partial charge >= 0.3 is 12.0 Å². The van der Waals surface area contributed by atoms with Crippen LogP contribution in [0.1, 0.15) is 25.5 Å². The van der Waals surface area contributed by atoms with E-state index >= 15 is 0 Å². The van der Waals surface area contributed by atoms with E-state index in [1.54, 1.807) is 0 Å². The minimum absolute atomic E-state index is 0.155. The number of carbonyl (C=O) groups is 2.